The van der Waals surface area contributed by atoms with E-state index in [2.05, 4.69) is 0 Å². The van der Waals surface area contributed by atoms with Crippen LogP contribution in [0.15, 0.2) is 48.5 Å². The molecule has 25 heavy (non-hydrogen) atoms. The Morgan fingerprint density at radius 3 is 2.04 bits per heavy atom. The van der Waals surface area contributed by atoms with E-state index in [0.29, 0.717) is 23.8 Å². The molecular formula is C20H25NO4. The first-order chi connectivity index (χ1) is 12.0. The lowest BCUT2D eigenvalue weighted by molar-refractivity contribution is -0.135. The third-order valence-electron chi connectivity index (χ3n) is 3.83. The second-order valence-corrected chi connectivity index (χ2v) is 5.94. The molecule has 0 fully saturated rings. The maximum absolute atomic E-state index is 12.6. The molecule has 0 atom stereocenters. The van der Waals surface area contributed by atoms with Crippen molar-refractivity contribution in [3.63, 3.8) is 0 Å². The zero-order chi connectivity index (χ0) is 18.2. The van der Waals surface area contributed by atoms with Gasteiger partial charge in [0.1, 0.15) is 17.2 Å². The van der Waals surface area contributed by atoms with Crippen molar-refractivity contribution in [3.8, 4) is 17.2 Å². The maximum Gasteiger partial charge on any atom is 0.261 e. The summed E-state index contributed by atoms with van der Waals surface area (Å²) in [7, 11) is 3.15. The molecule has 0 N–H and O–H groups in total. The molecule has 2 aromatic carbocycles. The first-order valence-corrected chi connectivity index (χ1v) is 8.22. The molecule has 0 aliphatic carbocycles. The smallest absolute Gasteiger partial charge is 0.261 e. The number of amides is 1. The quantitative estimate of drug-likeness (QED) is 0.736. The van der Waals surface area contributed by atoms with Crippen molar-refractivity contribution in [1.29, 1.82) is 0 Å². The van der Waals surface area contributed by atoms with Gasteiger partial charge in [-0.1, -0.05) is 30.3 Å². The summed E-state index contributed by atoms with van der Waals surface area (Å²) in [6.45, 7) is 4.51. The highest BCUT2D eigenvalue weighted by Gasteiger charge is 2.18. The van der Waals surface area contributed by atoms with Gasteiger partial charge in [-0.25, -0.2) is 0 Å². The number of nitrogens with zero attached hydrogens (tertiary/aromatic N) is 1. The Kier molecular flexibility index (Phi) is 6.69. The second kappa shape index (κ2) is 8.97. The van der Waals surface area contributed by atoms with E-state index >= 15 is 0 Å². The zero-order valence-electron chi connectivity index (χ0n) is 15.2. The molecule has 0 bridgehead atoms. The van der Waals surface area contributed by atoms with Crippen LogP contribution in [-0.4, -0.2) is 37.7 Å². The van der Waals surface area contributed by atoms with E-state index in [1.807, 2.05) is 44.2 Å². The Morgan fingerprint density at radius 1 is 0.960 bits per heavy atom. The normalized spacial score (nSPS) is 10.4. The van der Waals surface area contributed by atoms with Crippen molar-refractivity contribution < 1.29 is 19.0 Å². The van der Waals surface area contributed by atoms with Crippen LogP contribution in [-0.2, 0) is 11.3 Å². The molecule has 0 heterocycles. The summed E-state index contributed by atoms with van der Waals surface area (Å²) in [5.74, 6) is 1.70. The molecule has 134 valence electrons. The van der Waals surface area contributed by atoms with E-state index in [4.69, 9.17) is 14.2 Å². The standard InChI is InChI=1S/C20H25NO4/c1-15(2)21(13-16-8-6-5-7-9-16)20(22)14-25-19-11-17(23-3)10-18(12-19)24-4/h5-12,15H,13-14H2,1-4H3. The van der Waals surface area contributed by atoms with Crippen LogP contribution in [0.4, 0.5) is 0 Å². The van der Waals surface area contributed by atoms with Gasteiger partial charge in [0, 0.05) is 30.8 Å². The number of carbonyl (C=O) groups excluding carboxylic acids is 1. The number of methoxy groups -OCH3 is 2. The third-order valence-corrected chi connectivity index (χ3v) is 3.83. The Hall–Kier alpha value is -2.69. The van der Waals surface area contributed by atoms with Gasteiger partial charge in [-0.2, -0.15) is 0 Å². The summed E-state index contributed by atoms with van der Waals surface area (Å²) >= 11 is 0. The van der Waals surface area contributed by atoms with Crippen molar-refractivity contribution in [2.75, 3.05) is 20.8 Å². The summed E-state index contributed by atoms with van der Waals surface area (Å²) in [5, 5.41) is 0. The van der Waals surface area contributed by atoms with Gasteiger partial charge in [0.05, 0.1) is 14.2 Å². The highest BCUT2D eigenvalue weighted by molar-refractivity contribution is 5.78. The fraction of sp³-hybridized carbons (Fsp3) is 0.350. The van der Waals surface area contributed by atoms with Gasteiger partial charge in [0.25, 0.3) is 5.91 Å². The molecule has 5 heteroatoms. The number of rotatable bonds is 8. The average molecular weight is 343 g/mol. The van der Waals surface area contributed by atoms with Crippen molar-refractivity contribution in [3.05, 3.63) is 54.1 Å². The third kappa shape index (κ3) is 5.41. The van der Waals surface area contributed by atoms with E-state index in [1.165, 1.54) is 0 Å². The molecular weight excluding hydrogens is 318 g/mol. The molecule has 0 saturated heterocycles. The van der Waals surface area contributed by atoms with Crippen LogP contribution in [0.2, 0.25) is 0 Å². The van der Waals surface area contributed by atoms with Gasteiger partial charge < -0.3 is 19.1 Å². The highest BCUT2D eigenvalue weighted by Crippen LogP contribution is 2.27. The largest absolute Gasteiger partial charge is 0.496 e. The summed E-state index contributed by atoms with van der Waals surface area (Å²) < 4.78 is 16.1. The van der Waals surface area contributed by atoms with E-state index < -0.39 is 0 Å². The van der Waals surface area contributed by atoms with Crippen LogP contribution < -0.4 is 14.2 Å². The van der Waals surface area contributed by atoms with Gasteiger partial charge in [-0.05, 0) is 19.4 Å². The summed E-state index contributed by atoms with van der Waals surface area (Å²) in [6.07, 6.45) is 0. The maximum atomic E-state index is 12.6. The van der Waals surface area contributed by atoms with Gasteiger partial charge in [0.2, 0.25) is 0 Å². The van der Waals surface area contributed by atoms with Gasteiger partial charge >= 0.3 is 0 Å². The predicted octanol–water partition coefficient (Wildman–Crippen LogP) is 3.52. The summed E-state index contributed by atoms with van der Waals surface area (Å²) in [5.41, 5.74) is 1.09. The number of carbonyl (C=O) groups is 1. The van der Waals surface area contributed by atoms with E-state index in [9.17, 15) is 4.79 Å². The molecule has 0 aromatic heterocycles. The van der Waals surface area contributed by atoms with Crippen LogP contribution in [0.5, 0.6) is 17.2 Å². The Bertz CT molecular complexity index is 663. The lowest BCUT2D eigenvalue weighted by Gasteiger charge is -2.27. The van der Waals surface area contributed by atoms with E-state index in [0.717, 1.165) is 5.56 Å². The van der Waals surface area contributed by atoms with Gasteiger partial charge in [-0.15, -0.1) is 0 Å². The van der Waals surface area contributed by atoms with Crippen LogP contribution in [0.3, 0.4) is 0 Å². The van der Waals surface area contributed by atoms with Crippen LogP contribution in [0.1, 0.15) is 19.4 Å². The Labute approximate surface area is 149 Å². The van der Waals surface area contributed by atoms with E-state index in [-0.39, 0.29) is 18.6 Å². The lowest BCUT2D eigenvalue weighted by Crippen LogP contribution is -2.39. The van der Waals surface area contributed by atoms with Gasteiger partial charge in [-0.3, -0.25) is 4.79 Å². The lowest BCUT2D eigenvalue weighted by atomic mass is 10.2. The SMILES string of the molecule is COc1cc(OC)cc(OCC(=O)N(Cc2ccccc2)C(C)C)c1. The topological polar surface area (TPSA) is 48.0 Å². The molecule has 0 unspecified atom stereocenters. The molecule has 0 aliphatic rings. The predicted molar refractivity (Wildman–Crippen MR) is 97.2 cm³/mol. The molecule has 0 aliphatic heterocycles. The van der Waals surface area contributed by atoms with Crippen molar-refractivity contribution in [1.82, 2.24) is 4.90 Å². The summed E-state index contributed by atoms with van der Waals surface area (Å²) in [4.78, 5) is 14.4. The number of hydrogen-bond acceptors (Lipinski definition) is 4. The molecule has 1 amide bonds. The summed E-state index contributed by atoms with van der Waals surface area (Å²) in [6, 6.07) is 15.2. The molecule has 0 radical (unpaired) electrons. The molecule has 0 spiro atoms. The minimum absolute atomic E-state index is 0.0403. The minimum Gasteiger partial charge on any atom is -0.496 e. The van der Waals surface area contributed by atoms with Crippen LogP contribution in [0, 0.1) is 0 Å². The number of ether oxygens (including phenoxy) is 3. The van der Waals surface area contributed by atoms with Crippen LogP contribution in [0.25, 0.3) is 0 Å². The number of hydrogen-bond donors (Lipinski definition) is 0. The van der Waals surface area contributed by atoms with Crippen molar-refractivity contribution in [2.45, 2.75) is 26.4 Å². The highest BCUT2D eigenvalue weighted by atomic mass is 16.5. The molecule has 2 rings (SSSR count). The fourth-order valence-electron chi connectivity index (χ4n) is 2.43. The molecule has 2 aromatic rings. The molecule has 5 nitrogen and oxygen atoms in total. The minimum atomic E-state index is -0.0689. The first-order valence-electron chi connectivity index (χ1n) is 8.22. The molecule has 0 saturated carbocycles. The number of benzene rings is 2. The van der Waals surface area contributed by atoms with Crippen LogP contribution >= 0.6 is 0 Å². The van der Waals surface area contributed by atoms with Crippen molar-refractivity contribution in [2.24, 2.45) is 0 Å². The first kappa shape index (κ1) is 18.6. The average Bonchev–Trinajstić information content (AvgIpc) is 2.64. The van der Waals surface area contributed by atoms with Gasteiger partial charge in [0.15, 0.2) is 6.61 Å². The fourth-order valence-corrected chi connectivity index (χ4v) is 2.43. The Balaban J connectivity index is 2.04. The zero-order valence-corrected chi connectivity index (χ0v) is 15.2. The second-order valence-electron chi connectivity index (χ2n) is 5.94. The Morgan fingerprint density at radius 2 is 1.52 bits per heavy atom. The van der Waals surface area contributed by atoms with E-state index in [1.54, 1.807) is 37.3 Å². The monoisotopic (exact) mass is 343 g/mol. The van der Waals surface area contributed by atoms with Crippen molar-refractivity contribution >= 4 is 5.91 Å².